The van der Waals surface area contributed by atoms with E-state index in [1.54, 1.807) is 0 Å². The molecule has 4 heteroatoms. The van der Waals surface area contributed by atoms with Gasteiger partial charge in [-0.05, 0) is 75.8 Å². The van der Waals surface area contributed by atoms with E-state index >= 15 is 0 Å². The molecule has 3 heterocycles. The van der Waals surface area contributed by atoms with Gasteiger partial charge in [0.2, 0.25) is 0 Å². The maximum atomic E-state index is 5.10. The molecule has 0 aliphatic carbocycles. The highest BCUT2D eigenvalue weighted by Gasteiger charge is 2.26. The number of rotatable bonds is 5. The third-order valence-electron chi connectivity index (χ3n) is 10.8. The van der Waals surface area contributed by atoms with Crippen LogP contribution in [0.25, 0.3) is 106 Å². The fourth-order valence-electron chi connectivity index (χ4n) is 8.19. The normalized spacial score (nSPS) is 11.6. The third kappa shape index (κ3) is 5.19. The number of nitrogens with zero attached hydrogens (tertiary/aromatic N) is 4. The highest BCUT2D eigenvalue weighted by molar-refractivity contribution is 6.18. The van der Waals surface area contributed by atoms with Crippen LogP contribution in [0.4, 0.5) is 0 Å². The molecule has 0 unspecified atom stereocenters. The first-order chi connectivity index (χ1) is 27.3. The standard InChI is InChI=1S/C51H32N4/c1-5-15-33(16-6-1)37-25-27-47-43(29-37)45-32-39(34-17-7-2-8-18-34)31-44-41-24-14-13-23-40(41)42-30-38(26-28-46(42)55(47)48(44)45)51-53-49(35-19-9-3-10-20-35)52-50(54-51)36-21-11-4-12-22-36/h1-32H. The molecule has 0 N–H and O–H groups in total. The predicted octanol–water partition coefficient (Wildman–Crippen LogP) is 13.0. The molecule has 0 bridgehead atoms. The van der Waals surface area contributed by atoms with Gasteiger partial charge < -0.3 is 4.57 Å². The molecule has 256 valence electrons. The average molecular weight is 701 g/mol. The van der Waals surface area contributed by atoms with Gasteiger partial charge in [-0.15, -0.1) is 0 Å². The lowest BCUT2D eigenvalue weighted by Gasteiger charge is -2.15. The van der Waals surface area contributed by atoms with E-state index < -0.39 is 0 Å². The summed E-state index contributed by atoms with van der Waals surface area (Å²) in [5.74, 6) is 1.93. The summed E-state index contributed by atoms with van der Waals surface area (Å²) >= 11 is 0. The van der Waals surface area contributed by atoms with Crippen LogP contribution in [0.5, 0.6) is 0 Å². The van der Waals surface area contributed by atoms with Crippen molar-refractivity contribution in [1.29, 1.82) is 0 Å². The molecule has 0 spiro atoms. The Hall–Kier alpha value is -7.43. The van der Waals surface area contributed by atoms with Crippen molar-refractivity contribution >= 4 is 21.8 Å². The van der Waals surface area contributed by atoms with Crippen LogP contribution < -0.4 is 0 Å². The monoisotopic (exact) mass is 700 g/mol. The van der Waals surface area contributed by atoms with Crippen molar-refractivity contribution in [3.8, 4) is 84.4 Å². The van der Waals surface area contributed by atoms with Crippen LogP contribution in [0.1, 0.15) is 0 Å². The van der Waals surface area contributed by atoms with Crippen LogP contribution in [0.15, 0.2) is 194 Å². The average Bonchev–Trinajstić information content (AvgIpc) is 3.54. The second-order valence-corrected chi connectivity index (χ2v) is 14.0. The number of fused-ring (bicyclic) bond motifs is 8. The number of benzene rings is 8. The predicted molar refractivity (Wildman–Crippen MR) is 226 cm³/mol. The Morgan fingerprint density at radius 1 is 0.291 bits per heavy atom. The molecule has 1 aliphatic rings. The zero-order valence-electron chi connectivity index (χ0n) is 29.8. The van der Waals surface area contributed by atoms with Crippen molar-refractivity contribution in [3.05, 3.63) is 194 Å². The van der Waals surface area contributed by atoms with Gasteiger partial charge in [0, 0.05) is 38.6 Å². The number of hydrogen-bond acceptors (Lipinski definition) is 3. The summed E-state index contributed by atoms with van der Waals surface area (Å²) < 4.78 is 2.47. The van der Waals surface area contributed by atoms with E-state index in [0.717, 1.165) is 27.9 Å². The van der Waals surface area contributed by atoms with Crippen molar-refractivity contribution in [1.82, 2.24) is 19.5 Å². The van der Waals surface area contributed by atoms with Crippen LogP contribution in [0.3, 0.4) is 0 Å². The van der Waals surface area contributed by atoms with E-state index in [-0.39, 0.29) is 0 Å². The molecule has 0 saturated carbocycles. The Labute approximate surface area is 318 Å². The minimum absolute atomic E-state index is 0.635. The van der Waals surface area contributed by atoms with Gasteiger partial charge in [0.1, 0.15) is 0 Å². The van der Waals surface area contributed by atoms with E-state index in [2.05, 4.69) is 138 Å². The summed E-state index contributed by atoms with van der Waals surface area (Å²) in [6.07, 6.45) is 0. The largest absolute Gasteiger partial charge is 0.308 e. The summed E-state index contributed by atoms with van der Waals surface area (Å²) in [5, 5.41) is 2.45. The van der Waals surface area contributed by atoms with Gasteiger partial charge in [-0.3, -0.25) is 0 Å². The molecule has 0 radical (unpaired) electrons. The van der Waals surface area contributed by atoms with E-state index in [9.17, 15) is 0 Å². The first-order valence-electron chi connectivity index (χ1n) is 18.6. The van der Waals surface area contributed by atoms with Gasteiger partial charge in [-0.1, -0.05) is 152 Å². The van der Waals surface area contributed by atoms with E-state index in [1.807, 2.05) is 60.7 Å². The second-order valence-electron chi connectivity index (χ2n) is 14.0. The Morgan fingerprint density at radius 3 is 1.35 bits per heavy atom. The highest BCUT2D eigenvalue weighted by atomic mass is 15.0. The fraction of sp³-hybridized carbons (Fsp3) is 0. The SMILES string of the molecule is c1ccc(-c2ccc3c(c2)c2cc(-c4ccccc4)cc4c2n3-c2ccc(-c3nc(-c5ccccc5)nc(-c5ccccc5)n3)cc2-c2ccccc2-4)cc1. The molecule has 11 rings (SSSR count). The molecular weight excluding hydrogens is 669 g/mol. The lowest BCUT2D eigenvalue weighted by molar-refractivity contribution is 1.07. The molecule has 0 fully saturated rings. The van der Waals surface area contributed by atoms with Crippen molar-refractivity contribution in [2.75, 3.05) is 0 Å². The highest BCUT2D eigenvalue weighted by Crippen LogP contribution is 2.49. The van der Waals surface area contributed by atoms with Crippen LogP contribution in [-0.2, 0) is 0 Å². The molecule has 2 aromatic heterocycles. The molecule has 0 amide bonds. The van der Waals surface area contributed by atoms with Crippen LogP contribution in [-0.4, -0.2) is 19.5 Å². The van der Waals surface area contributed by atoms with E-state index in [4.69, 9.17) is 15.0 Å². The first kappa shape index (κ1) is 31.1. The summed E-state index contributed by atoms with van der Waals surface area (Å²) in [6, 6.07) is 68.8. The van der Waals surface area contributed by atoms with Crippen LogP contribution in [0.2, 0.25) is 0 Å². The Kier molecular flexibility index (Phi) is 7.14. The first-order valence-corrected chi connectivity index (χ1v) is 18.6. The second kappa shape index (κ2) is 12.6. The smallest absolute Gasteiger partial charge is 0.164 e. The van der Waals surface area contributed by atoms with Crippen LogP contribution in [0, 0.1) is 0 Å². The topological polar surface area (TPSA) is 43.6 Å². The van der Waals surface area contributed by atoms with Gasteiger partial charge in [0.25, 0.3) is 0 Å². The van der Waals surface area contributed by atoms with E-state index in [0.29, 0.717) is 17.5 Å². The molecule has 8 aromatic carbocycles. The zero-order chi connectivity index (χ0) is 36.3. The van der Waals surface area contributed by atoms with Crippen molar-refractivity contribution in [2.24, 2.45) is 0 Å². The Morgan fingerprint density at radius 2 is 0.745 bits per heavy atom. The fourth-order valence-corrected chi connectivity index (χ4v) is 8.19. The number of hydrogen-bond donors (Lipinski definition) is 0. The lowest BCUT2D eigenvalue weighted by atomic mass is 9.90. The van der Waals surface area contributed by atoms with Gasteiger partial charge >= 0.3 is 0 Å². The minimum Gasteiger partial charge on any atom is -0.308 e. The van der Waals surface area contributed by atoms with Gasteiger partial charge in [0.05, 0.1) is 16.7 Å². The maximum Gasteiger partial charge on any atom is 0.164 e. The molecule has 4 nitrogen and oxygen atoms in total. The molecular formula is C51H32N4. The summed E-state index contributed by atoms with van der Waals surface area (Å²) in [6.45, 7) is 0. The Balaban J connectivity index is 1.19. The molecule has 10 aromatic rings. The summed E-state index contributed by atoms with van der Waals surface area (Å²) in [5.41, 5.74) is 15.8. The summed E-state index contributed by atoms with van der Waals surface area (Å²) in [7, 11) is 0. The van der Waals surface area contributed by atoms with Crippen molar-refractivity contribution in [2.45, 2.75) is 0 Å². The molecule has 0 saturated heterocycles. The van der Waals surface area contributed by atoms with Gasteiger partial charge in [-0.25, -0.2) is 15.0 Å². The third-order valence-corrected chi connectivity index (χ3v) is 10.8. The maximum absolute atomic E-state index is 5.10. The molecule has 0 atom stereocenters. The Bertz CT molecular complexity index is 3000. The minimum atomic E-state index is 0.635. The van der Waals surface area contributed by atoms with Crippen molar-refractivity contribution < 1.29 is 0 Å². The summed E-state index contributed by atoms with van der Waals surface area (Å²) in [4.78, 5) is 15.2. The van der Waals surface area contributed by atoms with Crippen LogP contribution >= 0.6 is 0 Å². The molecule has 1 aliphatic heterocycles. The van der Waals surface area contributed by atoms with E-state index in [1.165, 1.54) is 60.8 Å². The van der Waals surface area contributed by atoms with Gasteiger partial charge in [-0.2, -0.15) is 0 Å². The quantitative estimate of drug-likeness (QED) is 0.179. The molecule has 55 heavy (non-hydrogen) atoms. The zero-order valence-corrected chi connectivity index (χ0v) is 29.8. The lowest BCUT2D eigenvalue weighted by Crippen LogP contribution is -2.01. The van der Waals surface area contributed by atoms with Gasteiger partial charge in [0.15, 0.2) is 17.5 Å². The number of aromatic nitrogens is 4. The van der Waals surface area contributed by atoms with Crippen molar-refractivity contribution in [3.63, 3.8) is 0 Å².